The van der Waals surface area contributed by atoms with Crippen molar-refractivity contribution < 1.29 is 10.0 Å². The van der Waals surface area contributed by atoms with Gasteiger partial charge in [-0.3, -0.25) is 4.79 Å². The summed E-state index contributed by atoms with van der Waals surface area (Å²) in [6, 6.07) is 7.18. The molecule has 19 heavy (non-hydrogen) atoms. The molecule has 1 amide bonds. The van der Waals surface area contributed by atoms with Gasteiger partial charge >= 0.3 is 0 Å². The molecule has 1 aromatic carbocycles. The quantitative estimate of drug-likeness (QED) is 0.373. The van der Waals surface area contributed by atoms with E-state index in [4.69, 9.17) is 10.9 Å². The number of rotatable bonds is 3. The minimum atomic E-state index is 0.0749. The van der Waals surface area contributed by atoms with Crippen LogP contribution in [0.5, 0.6) is 0 Å². The van der Waals surface area contributed by atoms with E-state index in [1.807, 2.05) is 28.8 Å². The lowest BCUT2D eigenvalue weighted by Gasteiger charge is -2.26. The molecule has 0 saturated carbocycles. The first-order chi connectivity index (χ1) is 9.20. The largest absolute Gasteiger partial charge is 0.409 e. The van der Waals surface area contributed by atoms with Crippen molar-refractivity contribution in [2.75, 3.05) is 24.6 Å². The Labute approximate surface area is 116 Å². The third-order valence-corrected chi connectivity index (χ3v) is 4.02. The van der Waals surface area contributed by atoms with E-state index >= 15 is 0 Å². The van der Waals surface area contributed by atoms with E-state index in [1.165, 1.54) is 0 Å². The summed E-state index contributed by atoms with van der Waals surface area (Å²) in [4.78, 5) is 14.0. The van der Waals surface area contributed by atoms with Crippen LogP contribution in [0.2, 0.25) is 0 Å². The number of carbonyl (C=O) groups is 1. The highest BCUT2D eigenvalue weighted by atomic mass is 32.2. The van der Waals surface area contributed by atoms with E-state index in [2.05, 4.69) is 5.16 Å². The van der Waals surface area contributed by atoms with Crippen LogP contribution in [-0.4, -0.2) is 46.4 Å². The third kappa shape index (κ3) is 3.64. The SMILES string of the molecule is N/C(=N/O)c1ccc(CC(=O)N2CCSCC2)cc1. The number of nitrogens with two attached hydrogens (primary N) is 1. The Morgan fingerprint density at radius 2 is 1.95 bits per heavy atom. The van der Waals surface area contributed by atoms with Crippen molar-refractivity contribution in [1.29, 1.82) is 0 Å². The van der Waals surface area contributed by atoms with Gasteiger partial charge in [-0.2, -0.15) is 11.8 Å². The minimum Gasteiger partial charge on any atom is -0.409 e. The molecule has 1 fully saturated rings. The molecule has 1 aliphatic heterocycles. The lowest BCUT2D eigenvalue weighted by molar-refractivity contribution is -0.130. The number of oxime groups is 1. The zero-order valence-electron chi connectivity index (χ0n) is 10.6. The highest BCUT2D eigenvalue weighted by Gasteiger charge is 2.16. The number of nitrogens with zero attached hydrogens (tertiary/aromatic N) is 2. The summed E-state index contributed by atoms with van der Waals surface area (Å²) in [5.41, 5.74) is 7.07. The number of benzene rings is 1. The summed E-state index contributed by atoms with van der Waals surface area (Å²) in [5, 5.41) is 11.5. The Kier molecular flexibility index (Phi) is 4.68. The van der Waals surface area contributed by atoms with Crippen molar-refractivity contribution in [2.24, 2.45) is 10.9 Å². The first kappa shape index (κ1) is 13.7. The Morgan fingerprint density at radius 3 is 2.53 bits per heavy atom. The molecule has 0 unspecified atom stereocenters. The molecule has 2 rings (SSSR count). The molecule has 1 aliphatic rings. The second-order valence-corrected chi connectivity index (χ2v) is 5.58. The summed E-state index contributed by atoms with van der Waals surface area (Å²) in [6.07, 6.45) is 0.404. The number of hydrogen-bond donors (Lipinski definition) is 2. The van der Waals surface area contributed by atoms with Crippen LogP contribution >= 0.6 is 11.8 Å². The number of amidine groups is 1. The van der Waals surface area contributed by atoms with Crippen LogP contribution in [0.15, 0.2) is 29.4 Å². The summed E-state index contributed by atoms with van der Waals surface area (Å²) < 4.78 is 0. The average molecular weight is 279 g/mol. The van der Waals surface area contributed by atoms with Gasteiger partial charge in [0, 0.05) is 30.2 Å². The van der Waals surface area contributed by atoms with Crippen LogP contribution in [0.25, 0.3) is 0 Å². The molecule has 1 heterocycles. The highest BCUT2D eigenvalue weighted by molar-refractivity contribution is 7.99. The first-order valence-electron chi connectivity index (χ1n) is 6.13. The molecular formula is C13H17N3O2S. The Bertz CT molecular complexity index is 467. The number of thioether (sulfide) groups is 1. The molecule has 6 heteroatoms. The molecule has 0 aliphatic carbocycles. The van der Waals surface area contributed by atoms with Crippen molar-refractivity contribution in [3.05, 3.63) is 35.4 Å². The van der Waals surface area contributed by atoms with Gasteiger partial charge in [-0.05, 0) is 5.56 Å². The van der Waals surface area contributed by atoms with Crippen molar-refractivity contribution in [2.45, 2.75) is 6.42 Å². The summed E-state index contributed by atoms with van der Waals surface area (Å²) in [6.45, 7) is 1.68. The maximum absolute atomic E-state index is 12.1. The molecular weight excluding hydrogens is 262 g/mol. The Balaban J connectivity index is 1.97. The van der Waals surface area contributed by atoms with Crippen LogP contribution in [0.4, 0.5) is 0 Å². The smallest absolute Gasteiger partial charge is 0.227 e. The van der Waals surface area contributed by atoms with Gasteiger partial charge in [-0.15, -0.1) is 0 Å². The maximum Gasteiger partial charge on any atom is 0.227 e. The lowest BCUT2D eigenvalue weighted by Crippen LogP contribution is -2.38. The van der Waals surface area contributed by atoms with E-state index in [9.17, 15) is 4.79 Å². The average Bonchev–Trinajstić information content (AvgIpc) is 2.48. The summed E-state index contributed by atoms with van der Waals surface area (Å²) in [7, 11) is 0. The molecule has 0 aromatic heterocycles. The highest BCUT2D eigenvalue weighted by Crippen LogP contribution is 2.12. The van der Waals surface area contributed by atoms with Gasteiger partial charge in [-0.1, -0.05) is 29.4 Å². The third-order valence-electron chi connectivity index (χ3n) is 3.08. The topological polar surface area (TPSA) is 78.9 Å². The molecule has 5 nitrogen and oxygen atoms in total. The first-order valence-corrected chi connectivity index (χ1v) is 7.28. The molecule has 0 atom stereocenters. The lowest BCUT2D eigenvalue weighted by atomic mass is 10.1. The van der Waals surface area contributed by atoms with Gasteiger partial charge in [0.15, 0.2) is 5.84 Å². The number of hydrogen-bond acceptors (Lipinski definition) is 4. The standard InChI is InChI=1S/C13H17N3O2S/c14-13(15-18)11-3-1-10(2-4-11)9-12(17)16-5-7-19-8-6-16/h1-4,18H,5-9H2,(H2,14,15). The van der Waals surface area contributed by atoms with Gasteiger partial charge in [0.05, 0.1) is 6.42 Å². The molecule has 0 radical (unpaired) electrons. The fraction of sp³-hybridized carbons (Fsp3) is 0.385. The van der Waals surface area contributed by atoms with Gasteiger partial charge < -0.3 is 15.8 Å². The fourth-order valence-electron chi connectivity index (χ4n) is 1.95. The van der Waals surface area contributed by atoms with Crippen LogP contribution in [0.3, 0.4) is 0 Å². The van der Waals surface area contributed by atoms with Crippen LogP contribution in [0, 0.1) is 0 Å². The van der Waals surface area contributed by atoms with Gasteiger partial charge in [-0.25, -0.2) is 0 Å². The van der Waals surface area contributed by atoms with Gasteiger partial charge in [0.2, 0.25) is 5.91 Å². The predicted molar refractivity (Wildman–Crippen MR) is 76.6 cm³/mol. The molecule has 102 valence electrons. The van der Waals surface area contributed by atoms with Crippen molar-refractivity contribution in [1.82, 2.24) is 4.90 Å². The normalized spacial score (nSPS) is 16.4. The zero-order valence-corrected chi connectivity index (χ0v) is 11.4. The molecule has 0 spiro atoms. The van der Waals surface area contributed by atoms with Crippen molar-refractivity contribution in [3.8, 4) is 0 Å². The zero-order chi connectivity index (χ0) is 13.7. The van der Waals surface area contributed by atoms with Crippen LogP contribution in [0.1, 0.15) is 11.1 Å². The van der Waals surface area contributed by atoms with Gasteiger partial charge in [0.1, 0.15) is 0 Å². The monoisotopic (exact) mass is 279 g/mol. The van der Waals surface area contributed by atoms with E-state index in [0.29, 0.717) is 12.0 Å². The second kappa shape index (κ2) is 6.47. The molecule has 1 saturated heterocycles. The number of carbonyl (C=O) groups excluding carboxylic acids is 1. The maximum atomic E-state index is 12.1. The Hall–Kier alpha value is -1.69. The van der Waals surface area contributed by atoms with E-state index in [1.54, 1.807) is 12.1 Å². The van der Waals surface area contributed by atoms with Crippen molar-refractivity contribution >= 4 is 23.5 Å². The van der Waals surface area contributed by atoms with E-state index < -0.39 is 0 Å². The second-order valence-electron chi connectivity index (χ2n) is 4.35. The van der Waals surface area contributed by atoms with Crippen LogP contribution in [-0.2, 0) is 11.2 Å². The van der Waals surface area contributed by atoms with Crippen LogP contribution < -0.4 is 5.73 Å². The summed E-state index contributed by atoms with van der Waals surface area (Å²) in [5.74, 6) is 2.28. The predicted octanol–water partition coefficient (Wildman–Crippen LogP) is 0.899. The fourth-order valence-corrected chi connectivity index (χ4v) is 2.85. The summed E-state index contributed by atoms with van der Waals surface area (Å²) >= 11 is 1.89. The van der Waals surface area contributed by atoms with Crippen molar-refractivity contribution in [3.63, 3.8) is 0 Å². The molecule has 1 aromatic rings. The van der Waals surface area contributed by atoms with E-state index in [0.717, 1.165) is 30.2 Å². The molecule has 0 bridgehead atoms. The van der Waals surface area contributed by atoms with E-state index in [-0.39, 0.29) is 11.7 Å². The Morgan fingerprint density at radius 1 is 1.32 bits per heavy atom. The molecule has 3 N–H and O–H groups in total. The van der Waals surface area contributed by atoms with Gasteiger partial charge in [0.25, 0.3) is 0 Å². The minimum absolute atomic E-state index is 0.0749. The number of amides is 1.